The standard InChI is InChI=1S/C11H14BrNO2S/c12-10-4-3-9(16-10)8-2-1-7(5-8)6-15-11(13)14/h3-4,7-8H,1-2,5-6H2,(H2,13,14)/t7-,8-/m0/s1. The van der Waals surface area contributed by atoms with Gasteiger partial charge in [0.15, 0.2) is 0 Å². The molecule has 1 aliphatic carbocycles. The average molecular weight is 304 g/mol. The van der Waals surface area contributed by atoms with Crippen LogP contribution in [0.3, 0.4) is 0 Å². The van der Waals surface area contributed by atoms with Gasteiger partial charge in [0.25, 0.3) is 0 Å². The van der Waals surface area contributed by atoms with E-state index < -0.39 is 6.09 Å². The van der Waals surface area contributed by atoms with Crippen LogP contribution in [0.4, 0.5) is 4.79 Å². The number of carbonyl (C=O) groups is 1. The van der Waals surface area contributed by atoms with E-state index in [0.29, 0.717) is 18.4 Å². The summed E-state index contributed by atoms with van der Waals surface area (Å²) in [6.45, 7) is 0.471. The molecule has 1 fully saturated rings. The van der Waals surface area contributed by atoms with E-state index in [0.717, 1.165) is 12.8 Å². The average Bonchev–Trinajstić information content (AvgIpc) is 2.83. The van der Waals surface area contributed by atoms with Crippen LogP contribution in [0.2, 0.25) is 0 Å². The van der Waals surface area contributed by atoms with Gasteiger partial charge in [-0.1, -0.05) is 0 Å². The van der Waals surface area contributed by atoms with E-state index in [1.54, 1.807) is 11.3 Å². The summed E-state index contributed by atoms with van der Waals surface area (Å²) in [5, 5.41) is 0. The molecule has 0 aromatic carbocycles. The third kappa shape index (κ3) is 2.98. The van der Waals surface area contributed by atoms with Gasteiger partial charge in [0.1, 0.15) is 0 Å². The molecule has 1 amide bonds. The van der Waals surface area contributed by atoms with Gasteiger partial charge >= 0.3 is 6.09 Å². The van der Waals surface area contributed by atoms with Crippen molar-refractivity contribution in [3.8, 4) is 0 Å². The number of primary amides is 1. The van der Waals surface area contributed by atoms with Gasteiger partial charge in [0, 0.05) is 4.88 Å². The van der Waals surface area contributed by atoms with Crippen LogP contribution in [0.1, 0.15) is 30.1 Å². The lowest BCUT2D eigenvalue weighted by molar-refractivity contribution is 0.137. The lowest BCUT2D eigenvalue weighted by Crippen LogP contribution is -2.17. The Kier molecular flexibility index (Phi) is 3.86. The van der Waals surface area contributed by atoms with Crippen molar-refractivity contribution >= 4 is 33.4 Å². The first-order chi connectivity index (χ1) is 7.65. The van der Waals surface area contributed by atoms with Gasteiger partial charge in [-0.15, -0.1) is 11.3 Å². The molecule has 0 aliphatic heterocycles. The highest BCUT2D eigenvalue weighted by Gasteiger charge is 2.27. The van der Waals surface area contributed by atoms with Crippen molar-refractivity contribution in [2.75, 3.05) is 6.61 Å². The van der Waals surface area contributed by atoms with Crippen LogP contribution in [-0.2, 0) is 4.74 Å². The summed E-state index contributed by atoms with van der Waals surface area (Å²) in [6, 6.07) is 4.27. The molecule has 1 saturated carbocycles. The van der Waals surface area contributed by atoms with Gasteiger partial charge in [-0.25, -0.2) is 4.79 Å². The Balaban J connectivity index is 1.86. The van der Waals surface area contributed by atoms with Crippen LogP contribution in [-0.4, -0.2) is 12.7 Å². The van der Waals surface area contributed by atoms with E-state index >= 15 is 0 Å². The minimum absolute atomic E-state index is 0.471. The van der Waals surface area contributed by atoms with Crippen molar-refractivity contribution in [2.45, 2.75) is 25.2 Å². The Morgan fingerprint density at radius 2 is 2.38 bits per heavy atom. The SMILES string of the molecule is NC(=O)OC[C@H]1CC[C@H](c2ccc(Br)s2)C1. The summed E-state index contributed by atoms with van der Waals surface area (Å²) in [5.74, 6) is 1.09. The van der Waals surface area contributed by atoms with Crippen molar-refractivity contribution in [3.63, 3.8) is 0 Å². The molecule has 2 rings (SSSR count). The van der Waals surface area contributed by atoms with Crippen molar-refractivity contribution in [1.82, 2.24) is 0 Å². The summed E-state index contributed by atoms with van der Waals surface area (Å²) in [7, 11) is 0. The lowest BCUT2D eigenvalue weighted by Gasteiger charge is -2.09. The Morgan fingerprint density at radius 1 is 1.56 bits per heavy atom. The number of hydrogen-bond donors (Lipinski definition) is 1. The monoisotopic (exact) mass is 303 g/mol. The molecule has 2 N–H and O–H groups in total. The molecule has 0 bridgehead atoms. The van der Waals surface area contributed by atoms with Crippen molar-refractivity contribution in [3.05, 3.63) is 20.8 Å². The van der Waals surface area contributed by atoms with Crippen LogP contribution in [0.25, 0.3) is 0 Å². The number of ether oxygens (including phenoxy) is 1. The van der Waals surface area contributed by atoms with Crippen molar-refractivity contribution in [1.29, 1.82) is 0 Å². The predicted octanol–water partition coefficient (Wildman–Crippen LogP) is 3.49. The predicted molar refractivity (Wildman–Crippen MR) is 67.6 cm³/mol. The van der Waals surface area contributed by atoms with Gasteiger partial charge in [0.2, 0.25) is 0 Å². The third-order valence-electron chi connectivity index (χ3n) is 3.00. The van der Waals surface area contributed by atoms with E-state index in [1.807, 2.05) is 0 Å². The second-order valence-electron chi connectivity index (χ2n) is 4.15. The zero-order valence-corrected chi connectivity index (χ0v) is 11.2. The van der Waals surface area contributed by atoms with E-state index in [4.69, 9.17) is 10.5 Å². The summed E-state index contributed by atoms with van der Waals surface area (Å²) >= 11 is 5.27. The van der Waals surface area contributed by atoms with Crippen LogP contribution < -0.4 is 5.73 Å². The normalized spacial score (nSPS) is 24.6. The molecule has 2 atom stereocenters. The highest BCUT2D eigenvalue weighted by molar-refractivity contribution is 9.11. The Morgan fingerprint density at radius 3 is 3.00 bits per heavy atom. The highest BCUT2D eigenvalue weighted by Crippen LogP contribution is 2.41. The molecule has 0 spiro atoms. The minimum atomic E-state index is -0.665. The van der Waals surface area contributed by atoms with E-state index in [9.17, 15) is 4.79 Å². The first-order valence-electron chi connectivity index (χ1n) is 5.32. The summed E-state index contributed by atoms with van der Waals surface area (Å²) < 4.78 is 6.03. The van der Waals surface area contributed by atoms with Crippen LogP contribution in [0.15, 0.2) is 15.9 Å². The molecule has 1 heterocycles. The lowest BCUT2D eigenvalue weighted by atomic mass is 10.0. The smallest absolute Gasteiger partial charge is 0.404 e. The molecular formula is C11H14BrNO2S. The Labute approximate surface area is 107 Å². The van der Waals surface area contributed by atoms with Crippen LogP contribution >= 0.6 is 27.3 Å². The summed E-state index contributed by atoms with van der Waals surface area (Å²) in [6.07, 6.45) is 2.73. The molecule has 3 nitrogen and oxygen atoms in total. The number of rotatable bonds is 3. The molecule has 1 aromatic heterocycles. The van der Waals surface area contributed by atoms with Gasteiger partial charge in [-0.2, -0.15) is 0 Å². The first kappa shape index (κ1) is 11.9. The summed E-state index contributed by atoms with van der Waals surface area (Å²) in [4.78, 5) is 11.9. The highest BCUT2D eigenvalue weighted by atomic mass is 79.9. The Bertz CT molecular complexity index is 380. The largest absolute Gasteiger partial charge is 0.449 e. The summed E-state index contributed by atoms with van der Waals surface area (Å²) in [5.41, 5.74) is 4.95. The maximum absolute atomic E-state index is 10.5. The molecule has 0 unspecified atom stereocenters. The minimum Gasteiger partial charge on any atom is -0.449 e. The number of thiophene rings is 1. The van der Waals surface area contributed by atoms with E-state index in [-0.39, 0.29) is 0 Å². The quantitative estimate of drug-likeness (QED) is 0.929. The maximum atomic E-state index is 10.5. The fraction of sp³-hybridized carbons (Fsp3) is 0.545. The van der Waals surface area contributed by atoms with Crippen molar-refractivity contribution < 1.29 is 9.53 Å². The zero-order chi connectivity index (χ0) is 11.5. The van der Waals surface area contributed by atoms with E-state index in [1.165, 1.54) is 15.1 Å². The molecule has 16 heavy (non-hydrogen) atoms. The van der Waals surface area contributed by atoms with E-state index in [2.05, 4.69) is 28.1 Å². The Hall–Kier alpha value is -0.550. The topological polar surface area (TPSA) is 52.3 Å². The third-order valence-corrected chi connectivity index (χ3v) is 4.79. The zero-order valence-electron chi connectivity index (χ0n) is 8.82. The number of halogens is 1. The molecule has 1 aromatic rings. The first-order valence-corrected chi connectivity index (χ1v) is 6.93. The molecular weight excluding hydrogens is 290 g/mol. The van der Waals surface area contributed by atoms with Gasteiger partial charge in [0.05, 0.1) is 10.4 Å². The fourth-order valence-electron chi connectivity index (χ4n) is 2.23. The molecule has 88 valence electrons. The second kappa shape index (κ2) is 5.19. The number of amides is 1. The van der Waals surface area contributed by atoms with Gasteiger partial charge in [-0.3, -0.25) is 0 Å². The van der Waals surface area contributed by atoms with Crippen molar-refractivity contribution in [2.24, 2.45) is 11.7 Å². The fourth-order valence-corrected chi connectivity index (χ4v) is 3.80. The second-order valence-corrected chi connectivity index (χ2v) is 6.64. The number of hydrogen-bond acceptors (Lipinski definition) is 3. The number of nitrogens with two attached hydrogens (primary N) is 1. The van der Waals surface area contributed by atoms with Gasteiger partial charge in [-0.05, 0) is 59.2 Å². The maximum Gasteiger partial charge on any atom is 0.404 e. The van der Waals surface area contributed by atoms with Gasteiger partial charge < -0.3 is 10.5 Å². The molecule has 0 radical (unpaired) electrons. The molecule has 1 aliphatic rings. The molecule has 5 heteroatoms. The number of carbonyl (C=O) groups excluding carboxylic acids is 1. The van der Waals surface area contributed by atoms with Crippen LogP contribution in [0.5, 0.6) is 0 Å². The molecule has 0 saturated heterocycles. The van der Waals surface area contributed by atoms with Crippen LogP contribution in [0, 0.1) is 5.92 Å².